The van der Waals surface area contributed by atoms with Gasteiger partial charge >= 0.3 is 0 Å². The lowest BCUT2D eigenvalue weighted by atomic mass is 9.97. The molecule has 3 aliphatic rings. The summed E-state index contributed by atoms with van der Waals surface area (Å²) >= 11 is 1.46. The van der Waals surface area contributed by atoms with Gasteiger partial charge in [-0.2, -0.15) is 0 Å². The Kier molecular flexibility index (Phi) is 7.73. The Labute approximate surface area is 188 Å². The molecule has 31 heavy (non-hydrogen) atoms. The van der Waals surface area contributed by atoms with Gasteiger partial charge in [0.05, 0.1) is 5.92 Å². The smallest absolute Gasteiger partial charge is 0.228 e. The normalized spacial score (nSPS) is 23.5. The maximum Gasteiger partial charge on any atom is 0.228 e. The summed E-state index contributed by atoms with van der Waals surface area (Å²) in [6.45, 7) is 12.0. The standard InChI is InChI=1S/C21H35N7O2S/c1-2-25-12-14-26(15-13-25)9-5-8-22-19(30)17-6-3-10-27(16-17)20-23-24-21(31-20)28-11-4-7-18(28)29/h17H,2-16H2,1H3,(H,22,30). The van der Waals surface area contributed by atoms with Gasteiger partial charge in [0.2, 0.25) is 22.1 Å². The van der Waals surface area contributed by atoms with Crippen LogP contribution in [-0.4, -0.2) is 97.3 Å². The molecule has 3 saturated heterocycles. The van der Waals surface area contributed by atoms with Crippen LogP contribution in [0.2, 0.25) is 0 Å². The van der Waals surface area contributed by atoms with E-state index >= 15 is 0 Å². The number of carbonyl (C=O) groups is 2. The summed E-state index contributed by atoms with van der Waals surface area (Å²) < 4.78 is 0. The fourth-order valence-corrected chi connectivity index (χ4v) is 5.57. The highest BCUT2D eigenvalue weighted by Crippen LogP contribution is 2.32. The molecule has 0 spiro atoms. The molecule has 0 aromatic carbocycles. The second kappa shape index (κ2) is 10.7. The van der Waals surface area contributed by atoms with Gasteiger partial charge in [-0.05, 0) is 38.8 Å². The average Bonchev–Trinajstić information content (AvgIpc) is 3.46. The zero-order chi connectivity index (χ0) is 21.6. The van der Waals surface area contributed by atoms with E-state index in [2.05, 4.69) is 37.1 Å². The van der Waals surface area contributed by atoms with Crippen LogP contribution in [0.3, 0.4) is 0 Å². The number of nitrogens with zero attached hydrogens (tertiary/aromatic N) is 6. The van der Waals surface area contributed by atoms with Gasteiger partial charge in [-0.15, -0.1) is 10.2 Å². The van der Waals surface area contributed by atoms with Crippen molar-refractivity contribution in [2.75, 3.05) is 75.2 Å². The fraction of sp³-hybridized carbons (Fsp3) is 0.810. The predicted octanol–water partition coefficient (Wildman–Crippen LogP) is 1.03. The number of amides is 2. The highest BCUT2D eigenvalue weighted by atomic mass is 32.1. The molecule has 0 bridgehead atoms. The summed E-state index contributed by atoms with van der Waals surface area (Å²) in [5, 5.41) is 13.2. The molecule has 10 heteroatoms. The molecule has 0 radical (unpaired) electrons. The van der Waals surface area contributed by atoms with Crippen molar-refractivity contribution < 1.29 is 9.59 Å². The third-order valence-electron chi connectivity index (χ3n) is 6.63. The molecule has 172 valence electrons. The topological polar surface area (TPSA) is 84.9 Å². The predicted molar refractivity (Wildman–Crippen MR) is 123 cm³/mol. The molecule has 2 amide bonds. The lowest BCUT2D eigenvalue weighted by Gasteiger charge is -2.34. The quantitative estimate of drug-likeness (QED) is 0.593. The van der Waals surface area contributed by atoms with Gasteiger partial charge in [0, 0.05) is 58.8 Å². The molecule has 9 nitrogen and oxygen atoms in total. The minimum Gasteiger partial charge on any atom is -0.356 e. The number of nitrogens with one attached hydrogen (secondary N) is 1. The molecule has 4 heterocycles. The van der Waals surface area contributed by atoms with E-state index in [0.717, 1.165) is 89.7 Å². The van der Waals surface area contributed by atoms with Crippen LogP contribution < -0.4 is 15.1 Å². The number of anilines is 2. The molecule has 4 rings (SSSR count). The van der Waals surface area contributed by atoms with E-state index in [0.29, 0.717) is 18.1 Å². The Balaban J connectivity index is 1.19. The highest BCUT2D eigenvalue weighted by Gasteiger charge is 2.30. The van der Waals surface area contributed by atoms with Crippen LogP contribution in [-0.2, 0) is 9.59 Å². The van der Waals surface area contributed by atoms with Crippen molar-refractivity contribution in [1.82, 2.24) is 25.3 Å². The molecule has 1 unspecified atom stereocenters. The largest absolute Gasteiger partial charge is 0.356 e. The first kappa shape index (κ1) is 22.4. The van der Waals surface area contributed by atoms with E-state index in [1.165, 1.54) is 11.3 Å². The Morgan fingerprint density at radius 1 is 1.06 bits per heavy atom. The first-order valence-corrected chi connectivity index (χ1v) is 12.6. The van der Waals surface area contributed by atoms with Crippen molar-refractivity contribution in [1.29, 1.82) is 0 Å². The van der Waals surface area contributed by atoms with Crippen LogP contribution in [0.4, 0.5) is 10.3 Å². The van der Waals surface area contributed by atoms with Crippen LogP contribution in [0, 0.1) is 5.92 Å². The molecule has 1 atom stereocenters. The Morgan fingerprint density at radius 3 is 2.58 bits per heavy atom. The van der Waals surface area contributed by atoms with Crippen molar-refractivity contribution >= 4 is 33.4 Å². The summed E-state index contributed by atoms with van der Waals surface area (Å²) in [4.78, 5) is 33.5. The van der Waals surface area contributed by atoms with Gasteiger partial charge in [0.25, 0.3) is 0 Å². The minimum atomic E-state index is -0.0115. The molecule has 1 aromatic rings. The SMILES string of the molecule is CCN1CCN(CCCNC(=O)C2CCCN(c3nnc(N4CCCC4=O)s3)C2)CC1. The molecule has 0 saturated carbocycles. The number of piperidine rings is 1. The average molecular weight is 450 g/mol. The van der Waals surface area contributed by atoms with Gasteiger partial charge in [0.15, 0.2) is 0 Å². The van der Waals surface area contributed by atoms with Gasteiger partial charge in [-0.25, -0.2) is 0 Å². The zero-order valence-corrected chi connectivity index (χ0v) is 19.4. The number of aromatic nitrogens is 2. The first-order chi connectivity index (χ1) is 15.1. The molecule has 0 aliphatic carbocycles. The van der Waals surface area contributed by atoms with Crippen LogP contribution in [0.1, 0.15) is 39.0 Å². The van der Waals surface area contributed by atoms with Crippen LogP contribution in [0.5, 0.6) is 0 Å². The van der Waals surface area contributed by atoms with E-state index in [-0.39, 0.29) is 17.7 Å². The van der Waals surface area contributed by atoms with Gasteiger partial charge in [-0.3, -0.25) is 14.5 Å². The molecule has 1 N–H and O–H groups in total. The van der Waals surface area contributed by atoms with E-state index in [1.807, 2.05) is 0 Å². The van der Waals surface area contributed by atoms with Crippen molar-refractivity contribution in [2.24, 2.45) is 5.92 Å². The zero-order valence-electron chi connectivity index (χ0n) is 18.6. The van der Waals surface area contributed by atoms with Gasteiger partial charge in [0.1, 0.15) is 0 Å². The lowest BCUT2D eigenvalue weighted by molar-refractivity contribution is -0.125. The molecular formula is C21H35N7O2S. The van der Waals surface area contributed by atoms with Crippen LogP contribution in [0.15, 0.2) is 0 Å². The Hall–Kier alpha value is -1.78. The van der Waals surface area contributed by atoms with E-state index < -0.39 is 0 Å². The second-order valence-electron chi connectivity index (χ2n) is 8.72. The molecule has 3 fully saturated rings. The molecular weight excluding hydrogens is 414 g/mol. The number of hydrogen-bond donors (Lipinski definition) is 1. The monoisotopic (exact) mass is 449 g/mol. The van der Waals surface area contributed by atoms with Crippen LogP contribution >= 0.6 is 11.3 Å². The summed E-state index contributed by atoms with van der Waals surface area (Å²) in [5.41, 5.74) is 0. The van der Waals surface area contributed by atoms with Crippen molar-refractivity contribution in [3.63, 3.8) is 0 Å². The fourth-order valence-electron chi connectivity index (χ4n) is 4.65. The van der Waals surface area contributed by atoms with Crippen molar-refractivity contribution in [3.05, 3.63) is 0 Å². The highest BCUT2D eigenvalue weighted by molar-refractivity contribution is 7.19. The maximum atomic E-state index is 12.7. The summed E-state index contributed by atoms with van der Waals surface area (Å²) in [5.74, 6) is 0.272. The third-order valence-corrected chi connectivity index (χ3v) is 7.64. The number of hydrogen-bond acceptors (Lipinski definition) is 8. The van der Waals surface area contributed by atoms with Gasteiger partial charge < -0.3 is 20.0 Å². The minimum absolute atomic E-state index is 0.0115. The number of likely N-dealkylation sites (N-methyl/N-ethyl adjacent to an activating group) is 1. The summed E-state index contributed by atoms with van der Waals surface area (Å²) in [6, 6.07) is 0. The third kappa shape index (κ3) is 5.72. The van der Waals surface area contributed by atoms with E-state index in [9.17, 15) is 9.59 Å². The Bertz CT molecular complexity index is 750. The second-order valence-corrected chi connectivity index (χ2v) is 9.66. The molecule has 3 aliphatic heterocycles. The summed E-state index contributed by atoms with van der Waals surface area (Å²) in [7, 11) is 0. The summed E-state index contributed by atoms with van der Waals surface area (Å²) in [6.07, 6.45) is 4.36. The number of carbonyl (C=O) groups excluding carboxylic acids is 2. The first-order valence-electron chi connectivity index (χ1n) is 11.7. The van der Waals surface area contributed by atoms with Gasteiger partial charge in [-0.1, -0.05) is 18.3 Å². The number of rotatable bonds is 8. The van der Waals surface area contributed by atoms with Crippen molar-refractivity contribution in [2.45, 2.75) is 39.0 Å². The number of piperazine rings is 1. The van der Waals surface area contributed by atoms with Crippen LogP contribution in [0.25, 0.3) is 0 Å². The van der Waals surface area contributed by atoms with Crippen molar-refractivity contribution in [3.8, 4) is 0 Å². The maximum absolute atomic E-state index is 12.7. The van der Waals surface area contributed by atoms with E-state index in [4.69, 9.17) is 0 Å². The lowest BCUT2D eigenvalue weighted by Crippen LogP contribution is -2.47. The van der Waals surface area contributed by atoms with E-state index in [1.54, 1.807) is 4.90 Å². The Morgan fingerprint density at radius 2 is 1.84 bits per heavy atom. The molecule has 1 aromatic heterocycles.